The molecule has 0 aliphatic rings. The van der Waals surface area contributed by atoms with Crippen LogP contribution in [0.3, 0.4) is 0 Å². The van der Waals surface area contributed by atoms with Gasteiger partial charge in [0.15, 0.2) is 6.04 Å². The number of carbonyl (C=O) groups excluding carboxylic acids is 1. The zero-order valence-electron chi connectivity index (χ0n) is 12.7. The number of hydrogen-bond donors (Lipinski definition) is 0. The van der Waals surface area contributed by atoms with Crippen LogP contribution in [0.15, 0.2) is 48.7 Å². The molecular weight excluding hydrogens is 331 g/mol. The topological polar surface area (TPSA) is 55.0 Å². The molecular formula is C18H12ClFN2O2. The molecule has 0 N–H and O–H groups in total. The number of hydrogen-bond acceptors (Lipinski definition) is 3. The van der Waals surface area contributed by atoms with Crippen molar-refractivity contribution in [2.24, 2.45) is 0 Å². The van der Waals surface area contributed by atoms with Gasteiger partial charge < -0.3 is 9.30 Å². The zero-order valence-corrected chi connectivity index (χ0v) is 13.4. The van der Waals surface area contributed by atoms with E-state index in [1.807, 2.05) is 0 Å². The van der Waals surface area contributed by atoms with Crippen molar-refractivity contribution >= 4 is 28.5 Å². The predicted octanol–water partition coefficient (Wildman–Crippen LogP) is 4.07. The van der Waals surface area contributed by atoms with Gasteiger partial charge in [0.1, 0.15) is 5.82 Å². The van der Waals surface area contributed by atoms with Crippen molar-refractivity contribution in [3.05, 3.63) is 70.6 Å². The number of fused-ring (bicyclic) bond motifs is 1. The van der Waals surface area contributed by atoms with Gasteiger partial charge in [0.05, 0.1) is 24.3 Å². The van der Waals surface area contributed by atoms with Gasteiger partial charge in [-0.05, 0) is 30.3 Å². The van der Waals surface area contributed by atoms with E-state index >= 15 is 0 Å². The van der Waals surface area contributed by atoms with Gasteiger partial charge in [-0.1, -0.05) is 23.7 Å². The third-order valence-corrected chi connectivity index (χ3v) is 4.17. The first-order chi connectivity index (χ1) is 11.6. The first kappa shape index (κ1) is 16.0. The summed E-state index contributed by atoms with van der Waals surface area (Å²) in [6, 6.07) is 12.1. The highest BCUT2D eigenvalue weighted by atomic mass is 35.5. The quantitative estimate of drug-likeness (QED) is 0.674. The molecule has 3 rings (SSSR count). The van der Waals surface area contributed by atoms with E-state index in [-0.39, 0.29) is 5.02 Å². The molecule has 4 nitrogen and oxygen atoms in total. The Morgan fingerprint density at radius 2 is 2.12 bits per heavy atom. The van der Waals surface area contributed by atoms with E-state index in [0.29, 0.717) is 22.0 Å². The summed E-state index contributed by atoms with van der Waals surface area (Å²) in [7, 11) is 1.28. The van der Waals surface area contributed by atoms with Crippen molar-refractivity contribution < 1.29 is 13.9 Å². The van der Waals surface area contributed by atoms with Crippen LogP contribution >= 0.6 is 11.6 Å². The second kappa shape index (κ2) is 6.34. The predicted molar refractivity (Wildman–Crippen MR) is 88.2 cm³/mol. The van der Waals surface area contributed by atoms with Crippen molar-refractivity contribution in [1.29, 1.82) is 5.26 Å². The molecule has 0 aliphatic carbocycles. The van der Waals surface area contributed by atoms with E-state index in [1.54, 1.807) is 35.0 Å². The number of carbonyl (C=O) groups is 1. The number of nitrogens with zero attached hydrogens (tertiary/aromatic N) is 2. The van der Waals surface area contributed by atoms with E-state index < -0.39 is 17.8 Å². The maximum atomic E-state index is 13.3. The smallest absolute Gasteiger partial charge is 0.333 e. The lowest BCUT2D eigenvalue weighted by Crippen LogP contribution is -2.22. The number of aromatic nitrogens is 1. The summed E-state index contributed by atoms with van der Waals surface area (Å²) >= 11 is 6.14. The van der Waals surface area contributed by atoms with Gasteiger partial charge in [-0.3, -0.25) is 0 Å². The number of rotatable bonds is 3. The summed E-state index contributed by atoms with van der Waals surface area (Å²) in [6.45, 7) is 0. The third-order valence-electron chi connectivity index (χ3n) is 3.84. The molecule has 0 spiro atoms. The van der Waals surface area contributed by atoms with Crippen LogP contribution in [-0.2, 0) is 9.53 Å². The molecule has 0 bridgehead atoms. The molecule has 0 radical (unpaired) electrons. The van der Waals surface area contributed by atoms with Gasteiger partial charge >= 0.3 is 5.97 Å². The van der Waals surface area contributed by atoms with Crippen LogP contribution in [0.25, 0.3) is 10.9 Å². The summed E-state index contributed by atoms with van der Waals surface area (Å²) < 4.78 is 19.9. The van der Waals surface area contributed by atoms with Gasteiger partial charge in [0, 0.05) is 22.2 Å². The largest absolute Gasteiger partial charge is 0.467 e. The van der Waals surface area contributed by atoms with Crippen molar-refractivity contribution in [2.45, 2.75) is 6.04 Å². The normalized spacial score (nSPS) is 11.9. The number of esters is 1. The SMILES string of the molecule is COC(=O)C(c1ccc(F)cc1Cl)n1ccc2c(C#N)cccc21. The molecule has 2 aromatic carbocycles. The Bertz CT molecular complexity index is 975. The minimum Gasteiger partial charge on any atom is -0.467 e. The van der Waals surface area contributed by atoms with Crippen LogP contribution in [0.4, 0.5) is 4.39 Å². The number of halogens is 2. The van der Waals surface area contributed by atoms with Gasteiger partial charge in [-0.15, -0.1) is 0 Å². The third kappa shape index (κ3) is 2.61. The molecule has 1 atom stereocenters. The number of methoxy groups -OCH3 is 1. The molecule has 1 heterocycles. The maximum Gasteiger partial charge on any atom is 0.333 e. The minimum atomic E-state index is -0.880. The van der Waals surface area contributed by atoms with Crippen LogP contribution in [0.2, 0.25) is 5.02 Å². The highest BCUT2D eigenvalue weighted by Gasteiger charge is 2.27. The van der Waals surface area contributed by atoms with Crippen LogP contribution in [0, 0.1) is 17.1 Å². The molecule has 0 saturated heterocycles. The van der Waals surface area contributed by atoms with Crippen LogP contribution in [-0.4, -0.2) is 17.6 Å². The molecule has 0 saturated carbocycles. The molecule has 0 amide bonds. The van der Waals surface area contributed by atoms with Crippen molar-refractivity contribution in [3.63, 3.8) is 0 Å². The van der Waals surface area contributed by atoms with E-state index in [4.69, 9.17) is 16.3 Å². The van der Waals surface area contributed by atoms with E-state index in [1.165, 1.54) is 19.2 Å². The average molecular weight is 343 g/mol. The first-order valence-electron chi connectivity index (χ1n) is 7.09. The lowest BCUT2D eigenvalue weighted by atomic mass is 10.1. The zero-order chi connectivity index (χ0) is 17.3. The number of ether oxygens (including phenoxy) is 1. The Morgan fingerprint density at radius 3 is 2.79 bits per heavy atom. The fraction of sp³-hybridized carbons (Fsp3) is 0.111. The molecule has 0 fully saturated rings. The van der Waals surface area contributed by atoms with Crippen molar-refractivity contribution in [3.8, 4) is 6.07 Å². The summed E-state index contributed by atoms with van der Waals surface area (Å²) in [5.74, 6) is -1.03. The van der Waals surface area contributed by atoms with E-state index in [0.717, 1.165) is 6.07 Å². The fourth-order valence-corrected chi connectivity index (χ4v) is 3.01. The molecule has 0 aliphatic heterocycles. The minimum absolute atomic E-state index is 0.128. The monoisotopic (exact) mass is 342 g/mol. The first-order valence-corrected chi connectivity index (χ1v) is 7.47. The molecule has 24 heavy (non-hydrogen) atoms. The van der Waals surface area contributed by atoms with Gasteiger partial charge in [0.2, 0.25) is 0 Å². The van der Waals surface area contributed by atoms with Crippen LogP contribution in [0.1, 0.15) is 17.2 Å². The highest BCUT2D eigenvalue weighted by Crippen LogP contribution is 2.32. The van der Waals surface area contributed by atoms with Gasteiger partial charge in [0.25, 0.3) is 0 Å². The van der Waals surface area contributed by atoms with Gasteiger partial charge in [-0.2, -0.15) is 5.26 Å². The Balaban J connectivity index is 2.25. The summed E-state index contributed by atoms with van der Waals surface area (Å²) in [5, 5.41) is 10.1. The summed E-state index contributed by atoms with van der Waals surface area (Å²) in [5.41, 5.74) is 1.61. The number of benzene rings is 2. The van der Waals surface area contributed by atoms with Crippen molar-refractivity contribution in [2.75, 3.05) is 7.11 Å². The molecule has 1 unspecified atom stereocenters. The van der Waals surface area contributed by atoms with Crippen molar-refractivity contribution in [1.82, 2.24) is 4.57 Å². The Morgan fingerprint density at radius 1 is 1.33 bits per heavy atom. The van der Waals surface area contributed by atoms with Crippen LogP contribution < -0.4 is 0 Å². The lowest BCUT2D eigenvalue weighted by molar-refractivity contribution is -0.143. The van der Waals surface area contributed by atoms with Gasteiger partial charge in [-0.25, -0.2) is 9.18 Å². The Labute approximate surface area is 142 Å². The highest BCUT2D eigenvalue weighted by molar-refractivity contribution is 6.31. The second-order valence-corrected chi connectivity index (χ2v) is 5.57. The standard InChI is InChI=1S/C18H12ClFN2O2/c1-24-18(23)17(14-6-5-12(20)9-15(14)19)22-8-7-13-11(10-21)3-2-4-16(13)22/h2-9,17H,1H3. The number of nitriles is 1. The van der Waals surface area contributed by atoms with E-state index in [2.05, 4.69) is 6.07 Å². The second-order valence-electron chi connectivity index (χ2n) is 5.16. The maximum absolute atomic E-state index is 13.3. The molecule has 120 valence electrons. The van der Waals surface area contributed by atoms with Crippen LogP contribution in [0.5, 0.6) is 0 Å². The average Bonchev–Trinajstić information content (AvgIpc) is 3.00. The summed E-state index contributed by atoms with van der Waals surface area (Å²) in [4.78, 5) is 12.4. The Kier molecular flexibility index (Phi) is 4.24. The molecule has 6 heteroatoms. The molecule has 3 aromatic rings. The van der Waals surface area contributed by atoms with E-state index in [9.17, 15) is 14.4 Å². The fourth-order valence-electron chi connectivity index (χ4n) is 2.74. The Hall–Kier alpha value is -2.84. The summed E-state index contributed by atoms with van der Waals surface area (Å²) in [6.07, 6.45) is 1.69. The lowest BCUT2D eigenvalue weighted by Gasteiger charge is -2.19. The molecule has 1 aromatic heterocycles.